The van der Waals surface area contributed by atoms with Crippen LogP contribution in [0.5, 0.6) is 11.5 Å². The van der Waals surface area contributed by atoms with Gasteiger partial charge in [0.25, 0.3) is 5.69 Å². The SMILES string of the molecule is Cc1cc(C)cc(Oc2cc(NC(=O)CCn3nc(C)cc3C)cc([N+](=O)[O-])c2)c1. The highest BCUT2D eigenvalue weighted by Gasteiger charge is 2.14. The van der Waals surface area contributed by atoms with Crippen molar-refractivity contribution >= 4 is 17.3 Å². The molecule has 8 heteroatoms. The zero-order valence-electron chi connectivity index (χ0n) is 17.4. The molecule has 3 rings (SSSR count). The van der Waals surface area contributed by atoms with E-state index in [2.05, 4.69) is 10.4 Å². The first-order chi connectivity index (χ1) is 14.2. The van der Waals surface area contributed by atoms with Crippen molar-refractivity contribution in [2.45, 2.75) is 40.7 Å². The minimum atomic E-state index is -0.514. The molecular formula is C22H24N4O4. The number of ether oxygens (including phenoxy) is 1. The van der Waals surface area contributed by atoms with E-state index >= 15 is 0 Å². The number of hydrogen-bond donors (Lipinski definition) is 1. The second kappa shape index (κ2) is 8.77. The van der Waals surface area contributed by atoms with Crippen molar-refractivity contribution in [1.82, 2.24) is 9.78 Å². The highest BCUT2D eigenvalue weighted by atomic mass is 16.6. The third-order valence-electron chi connectivity index (χ3n) is 4.47. The molecule has 0 aliphatic heterocycles. The fourth-order valence-electron chi connectivity index (χ4n) is 3.28. The third-order valence-corrected chi connectivity index (χ3v) is 4.47. The molecule has 0 saturated heterocycles. The van der Waals surface area contributed by atoms with E-state index in [-0.39, 0.29) is 23.8 Å². The van der Waals surface area contributed by atoms with Crippen LogP contribution in [0.1, 0.15) is 28.9 Å². The number of nitrogens with one attached hydrogen (secondary N) is 1. The maximum atomic E-state index is 12.4. The van der Waals surface area contributed by atoms with Crippen LogP contribution in [-0.4, -0.2) is 20.6 Å². The summed E-state index contributed by atoms with van der Waals surface area (Å²) in [7, 11) is 0. The van der Waals surface area contributed by atoms with Gasteiger partial charge < -0.3 is 10.1 Å². The minimum absolute atomic E-state index is 0.161. The lowest BCUT2D eigenvalue weighted by molar-refractivity contribution is -0.384. The number of carbonyl (C=O) groups is 1. The fourth-order valence-corrected chi connectivity index (χ4v) is 3.28. The Morgan fingerprint density at radius 3 is 2.30 bits per heavy atom. The van der Waals surface area contributed by atoms with E-state index in [9.17, 15) is 14.9 Å². The maximum Gasteiger partial charge on any atom is 0.275 e. The van der Waals surface area contributed by atoms with E-state index in [1.165, 1.54) is 12.1 Å². The number of non-ortho nitro benzene ring substituents is 1. The predicted octanol–water partition coefficient (Wildman–Crippen LogP) is 4.85. The molecule has 0 aliphatic carbocycles. The zero-order chi connectivity index (χ0) is 21.8. The number of rotatable bonds is 7. The number of nitro groups is 1. The summed E-state index contributed by atoms with van der Waals surface area (Å²) in [4.78, 5) is 23.2. The van der Waals surface area contributed by atoms with Crippen molar-refractivity contribution in [2.75, 3.05) is 5.32 Å². The molecule has 30 heavy (non-hydrogen) atoms. The van der Waals surface area contributed by atoms with E-state index in [4.69, 9.17) is 4.74 Å². The first-order valence-corrected chi connectivity index (χ1v) is 9.56. The first-order valence-electron chi connectivity index (χ1n) is 9.56. The molecule has 0 atom stereocenters. The molecule has 1 amide bonds. The lowest BCUT2D eigenvalue weighted by atomic mass is 10.1. The molecule has 2 aromatic carbocycles. The number of hydrogen-bond acceptors (Lipinski definition) is 5. The van der Waals surface area contributed by atoms with Crippen molar-refractivity contribution < 1.29 is 14.5 Å². The molecule has 156 valence electrons. The quantitative estimate of drug-likeness (QED) is 0.445. The number of benzene rings is 2. The Labute approximate surface area is 174 Å². The number of carbonyl (C=O) groups excluding carboxylic acids is 1. The van der Waals surface area contributed by atoms with Gasteiger partial charge in [0, 0.05) is 30.8 Å². The molecule has 0 radical (unpaired) electrons. The Hall–Kier alpha value is -3.68. The second-order valence-electron chi connectivity index (χ2n) is 7.35. The van der Waals surface area contributed by atoms with Gasteiger partial charge in [0.15, 0.2) is 0 Å². The predicted molar refractivity (Wildman–Crippen MR) is 114 cm³/mol. The van der Waals surface area contributed by atoms with Crippen LogP contribution in [0.2, 0.25) is 0 Å². The summed E-state index contributed by atoms with van der Waals surface area (Å²) in [5.41, 5.74) is 4.05. The summed E-state index contributed by atoms with van der Waals surface area (Å²) in [6.45, 7) is 8.13. The Kier molecular flexibility index (Phi) is 6.15. The molecule has 0 spiro atoms. The number of aromatic nitrogens is 2. The van der Waals surface area contributed by atoms with E-state index in [1.54, 1.807) is 10.7 Å². The summed E-state index contributed by atoms with van der Waals surface area (Å²) < 4.78 is 7.59. The van der Waals surface area contributed by atoms with Crippen LogP contribution in [0.3, 0.4) is 0 Å². The average molecular weight is 408 g/mol. The Morgan fingerprint density at radius 1 is 1.03 bits per heavy atom. The van der Waals surface area contributed by atoms with Gasteiger partial charge in [0.05, 0.1) is 22.4 Å². The van der Waals surface area contributed by atoms with Gasteiger partial charge in [-0.05, 0) is 57.0 Å². The summed E-state index contributed by atoms with van der Waals surface area (Å²) in [6.07, 6.45) is 0.192. The van der Waals surface area contributed by atoms with Crippen LogP contribution in [0.15, 0.2) is 42.5 Å². The van der Waals surface area contributed by atoms with Crippen molar-refractivity contribution in [1.29, 1.82) is 0 Å². The van der Waals surface area contributed by atoms with Gasteiger partial charge in [0.2, 0.25) is 5.91 Å². The number of aryl methyl sites for hydroxylation is 5. The Balaban J connectivity index is 1.75. The minimum Gasteiger partial charge on any atom is -0.457 e. The standard InChI is InChI=1S/C22H24N4O4/c1-14-7-15(2)9-20(8-14)30-21-12-18(11-19(13-21)26(28)29)23-22(27)5-6-25-17(4)10-16(3)24-25/h7-13H,5-6H2,1-4H3,(H,23,27). The monoisotopic (exact) mass is 408 g/mol. The number of nitro benzene ring substituents is 1. The van der Waals surface area contributed by atoms with Crippen molar-refractivity contribution in [2.24, 2.45) is 0 Å². The molecule has 0 fully saturated rings. The highest BCUT2D eigenvalue weighted by Crippen LogP contribution is 2.30. The molecule has 3 aromatic rings. The summed E-state index contributed by atoms with van der Waals surface area (Å²) in [5, 5.41) is 18.4. The number of anilines is 1. The molecule has 1 N–H and O–H groups in total. The third kappa shape index (κ3) is 5.44. The summed E-state index contributed by atoms with van der Waals surface area (Å²) >= 11 is 0. The van der Waals surface area contributed by atoms with E-state index in [0.717, 1.165) is 22.5 Å². The van der Waals surface area contributed by atoms with Gasteiger partial charge in [-0.25, -0.2) is 0 Å². The van der Waals surface area contributed by atoms with Crippen LogP contribution < -0.4 is 10.1 Å². The lowest BCUT2D eigenvalue weighted by Gasteiger charge is -2.11. The van der Waals surface area contributed by atoms with Crippen molar-refractivity contribution in [3.05, 3.63) is 75.1 Å². The molecule has 1 heterocycles. The summed E-state index contributed by atoms with van der Waals surface area (Å²) in [5.74, 6) is 0.596. The van der Waals surface area contributed by atoms with Gasteiger partial charge in [-0.15, -0.1) is 0 Å². The van der Waals surface area contributed by atoms with E-state index in [0.29, 0.717) is 18.0 Å². The van der Waals surface area contributed by atoms with Gasteiger partial charge in [0.1, 0.15) is 11.5 Å². The van der Waals surface area contributed by atoms with E-state index < -0.39 is 4.92 Å². The van der Waals surface area contributed by atoms with Crippen LogP contribution in [-0.2, 0) is 11.3 Å². The van der Waals surface area contributed by atoms with Crippen LogP contribution in [0.25, 0.3) is 0 Å². The number of nitrogens with zero attached hydrogens (tertiary/aromatic N) is 3. The second-order valence-corrected chi connectivity index (χ2v) is 7.35. The molecule has 8 nitrogen and oxygen atoms in total. The lowest BCUT2D eigenvalue weighted by Crippen LogP contribution is -2.15. The van der Waals surface area contributed by atoms with Crippen LogP contribution >= 0.6 is 0 Å². The molecular weight excluding hydrogens is 384 g/mol. The first kappa shape index (κ1) is 21.0. The van der Waals surface area contributed by atoms with Gasteiger partial charge in [-0.1, -0.05) is 6.07 Å². The Morgan fingerprint density at radius 2 is 1.70 bits per heavy atom. The van der Waals surface area contributed by atoms with Gasteiger partial charge >= 0.3 is 0 Å². The highest BCUT2D eigenvalue weighted by molar-refractivity contribution is 5.91. The van der Waals surface area contributed by atoms with Gasteiger partial charge in [-0.2, -0.15) is 5.10 Å². The molecule has 1 aromatic heterocycles. The largest absolute Gasteiger partial charge is 0.457 e. The normalized spacial score (nSPS) is 10.7. The van der Waals surface area contributed by atoms with Crippen molar-refractivity contribution in [3.63, 3.8) is 0 Å². The molecule has 0 bridgehead atoms. The fraction of sp³-hybridized carbons (Fsp3) is 0.273. The molecule has 0 saturated carbocycles. The van der Waals surface area contributed by atoms with Gasteiger partial charge in [-0.3, -0.25) is 19.6 Å². The Bertz CT molecular complexity index is 1080. The zero-order valence-corrected chi connectivity index (χ0v) is 17.4. The van der Waals surface area contributed by atoms with Crippen LogP contribution in [0, 0.1) is 37.8 Å². The topological polar surface area (TPSA) is 99.3 Å². The van der Waals surface area contributed by atoms with Crippen molar-refractivity contribution in [3.8, 4) is 11.5 Å². The average Bonchev–Trinajstić information content (AvgIpc) is 2.96. The van der Waals surface area contributed by atoms with Crippen LogP contribution in [0.4, 0.5) is 11.4 Å². The van der Waals surface area contributed by atoms with E-state index in [1.807, 2.05) is 52.0 Å². The molecule has 0 unspecified atom stereocenters. The smallest absolute Gasteiger partial charge is 0.275 e. The summed E-state index contributed by atoms with van der Waals surface area (Å²) in [6, 6.07) is 11.9. The molecule has 0 aliphatic rings. The maximum absolute atomic E-state index is 12.4. The number of amides is 1.